The van der Waals surface area contributed by atoms with Gasteiger partial charge in [0.1, 0.15) is 5.82 Å². The van der Waals surface area contributed by atoms with Crippen molar-refractivity contribution in [2.24, 2.45) is 16.3 Å². The molecule has 104 valence electrons. The van der Waals surface area contributed by atoms with Crippen LogP contribution in [0.1, 0.15) is 37.3 Å². The van der Waals surface area contributed by atoms with Crippen molar-refractivity contribution in [2.75, 3.05) is 6.54 Å². The minimum absolute atomic E-state index is 0.0821. The van der Waals surface area contributed by atoms with Gasteiger partial charge < -0.3 is 16.3 Å². The molecule has 1 aliphatic rings. The first-order valence-electron chi connectivity index (χ1n) is 6.57. The molecular formula is C14H20FN3O. The van der Waals surface area contributed by atoms with Crippen molar-refractivity contribution in [3.63, 3.8) is 0 Å². The molecule has 0 heterocycles. The number of nitrogens with two attached hydrogens (primary N) is 1. The minimum Gasteiger partial charge on any atom is -0.409 e. The average Bonchev–Trinajstić information content (AvgIpc) is 3.20. The van der Waals surface area contributed by atoms with E-state index in [4.69, 9.17) is 10.9 Å². The van der Waals surface area contributed by atoms with Crippen molar-refractivity contribution in [3.05, 3.63) is 35.1 Å². The van der Waals surface area contributed by atoms with E-state index in [1.165, 1.54) is 25.3 Å². The van der Waals surface area contributed by atoms with E-state index in [-0.39, 0.29) is 11.7 Å². The number of oxime groups is 1. The Hall–Kier alpha value is -1.62. The van der Waals surface area contributed by atoms with Gasteiger partial charge in [0.15, 0.2) is 5.84 Å². The lowest BCUT2D eigenvalue weighted by molar-refractivity contribution is 0.318. The van der Waals surface area contributed by atoms with Gasteiger partial charge in [-0.15, -0.1) is 0 Å². The molecule has 19 heavy (non-hydrogen) atoms. The summed E-state index contributed by atoms with van der Waals surface area (Å²) in [5.74, 6) is -0.417. The van der Waals surface area contributed by atoms with E-state index in [2.05, 4.69) is 17.4 Å². The molecule has 0 aliphatic heterocycles. The van der Waals surface area contributed by atoms with Crippen LogP contribution in [0.5, 0.6) is 0 Å². The standard InChI is InChI=1S/C14H20FN3O/c1-2-14(5-6-14)9-17-8-11-4-3-10(7-12(11)15)13(16)18-19/h3-4,7,17,19H,2,5-6,8-9H2,1H3,(H2,16,18). The maximum Gasteiger partial charge on any atom is 0.170 e. The van der Waals surface area contributed by atoms with Gasteiger partial charge in [0, 0.05) is 24.2 Å². The first-order valence-corrected chi connectivity index (χ1v) is 6.57. The Balaban J connectivity index is 1.94. The van der Waals surface area contributed by atoms with Crippen molar-refractivity contribution in [2.45, 2.75) is 32.7 Å². The molecule has 1 aromatic carbocycles. The quantitative estimate of drug-likeness (QED) is 0.319. The van der Waals surface area contributed by atoms with Crippen LogP contribution in [-0.4, -0.2) is 17.6 Å². The molecule has 0 atom stereocenters. The zero-order chi connectivity index (χ0) is 13.9. The van der Waals surface area contributed by atoms with Crippen molar-refractivity contribution in [3.8, 4) is 0 Å². The fraction of sp³-hybridized carbons (Fsp3) is 0.500. The van der Waals surface area contributed by atoms with E-state index in [0.29, 0.717) is 23.1 Å². The third-order valence-corrected chi connectivity index (χ3v) is 3.98. The highest BCUT2D eigenvalue weighted by Crippen LogP contribution is 2.47. The molecule has 0 radical (unpaired) electrons. The van der Waals surface area contributed by atoms with Crippen molar-refractivity contribution in [1.82, 2.24) is 5.32 Å². The molecule has 0 spiro atoms. The number of amidine groups is 1. The van der Waals surface area contributed by atoms with Crippen LogP contribution in [0, 0.1) is 11.2 Å². The number of rotatable bonds is 6. The number of nitrogens with one attached hydrogen (secondary N) is 1. The largest absolute Gasteiger partial charge is 0.409 e. The van der Waals surface area contributed by atoms with Crippen LogP contribution in [0.2, 0.25) is 0 Å². The molecule has 4 nitrogen and oxygen atoms in total. The zero-order valence-electron chi connectivity index (χ0n) is 11.1. The van der Waals surface area contributed by atoms with Crippen LogP contribution in [0.4, 0.5) is 4.39 Å². The van der Waals surface area contributed by atoms with Gasteiger partial charge in [-0.1, -0.05) is 24.2 Å². The highest BCUT2D eigenvalue weighted by Gasteiger charge is 2.39. The molecule has 2 rings (SSSR count). The lowest BCUT2D eigenvalue weighted by Crippen LogP contribution is -2.23. The van der Waals surface area contributed by atoms with E-state index in [1.807, 2.05) is 0 Å². The first-order chi connectivity index (χ1) is 9.10. The summed E-state index contributed by atoms with van der Waals surface area (Å²) >= 11 is 0. The summed E-state index contributed by atoms with van der Waals surface area (Å²) in [7, 11) is 0. The molecule has 1 aromatic rings. The third kappa shape index (κ3) is 3.23. The van der Waals surface area contributed by atoms with Gasteiger partial charge in [-0.3, -0.25) is 0 Å². The highest BCUT2D eigenvalue weighted by molar-refractivity contribution is 5.97. The SMILES string of the molecule is CCC1(CNCc2ccc(/C(N)=N/O)cc2F)CC1. The number of hydrogen-bond acceptors (Lipinski definition) is 3. The fourth-order valence-electron chi connectivity index (χ4n) is 2.20. The first kappa shape index (κ1) is 13.8. The predicted molar refractivity (Wildman–Crippen MR) is 72.6 cm³/mol. The summed E-state index contributed by atoms with van der Waals surface area (Å²) in [5.41, 5.74) is 6.85. The lowest BCUT2D eigenvalue weighted by Gasteiger charge is -2.14. The number of nitrogens with zero attached hydrogens (tertiary/aromatic N) is 1. The zero-order valence-corrected chi connectivity index (χ0v) is 11.1. The molecule has 5 heteroatoms. The normalized spacial score (nSPS) is 17.5. The predicted octanol–water partition coefficient (Wildman–Crippen LogP) is 2.20. The Morgan fingerprint density at radius 3 is 2.79 bits per heavy atom. The summed E-state index contributed by atoms with van der Waals surface area (Å²) in [5, 5.41) is 14.7. The number of hydrogen-bond donors (Lipinski definition) is 3. The van der Waals surface area contributed by atoms with E-state index >= 15 is 0 Å². The van der Waals surface area contributed by atoms with Crippen molar-refractivity contribution < 1.29 is 9.60 Å². The van der Waals surface area contributed by atoms with Gasteiger partial charge in [0.05, 0.1) is 0 Å². The van der Waals surface area contributed by atoms with Crippen LogP contribution >= 0.6 is 0 Å². The minimum atomic E-state index is -0.335. The summed E-state index contributed by atoms with van der Waals surface area (Å²) in [6.45, 7) is 3.63. The second-order valence-electron chi connectivity index (χ2n) is 5.25. The van der Waals surface area contributed by atoms with E-state index in [0.717, 1.165) is 6.54 Å². The summed E-state index contributed by atoms with van der Waals surface area (Å²) in [4.78, 5) is 0. The van der Waals surface area contributed by atoms with Gasteiger partial charge in [-0.05, 0) is 30.7 Å². The van der Waals surface area contributed by atoms with Crippen molar-refractivity contribution >= 4 is 5.84 Å². The maximum absolute atomic E-state index is 13.8. The number of benzene rings is 1. The molecule has 1 saturated carbocycles. The van der Waals surface area contributed by atoms with Crippen LogP contribution in [0.3, 0.4) is 0 Å². The van der Waals surface area contributed by atoms with Crippen molar-refractivity contribution in [1.29, 1.82) is 0 Å². The van der Waals surface area contributed by atoms with E-state index in [9.17, 15) is 4.39 Å². The summed E-state index contributed by atoms with van der Waals surface area (Å²) in [6.07, 6.45) is 3.70. The van der Waals surface area contributed by atoms with Crippen LogP contribution in [-0.2, 0) is 6.54 Å². The molecule has 0 saturated heterocycles. The monoisotopic (exact) mass is 265 g/mol. The molecule has 0 aromatic heterocycles. The van der Waals surface area contributed by atoms with Gasteiger partial charge in [-0.2, -0.15) is 0 Å². The van der Waals surface area contributed by atoms with Gasteiger partial charge >= 0.3 is 0 Å². The summed E-state index contributed by atoms with van der Waals surface area (Å²) < 4.78 is 13.8. The smallest absolute Gasteiger partial charge is 0.170 e. The Morgan fingerprint density at radius 1 is 1.53 bits per heavy atom. The molecule has 4 N–H and O–H groups in total. The molecule has 0 unspecified atom stereocenters. The topological polar surface area (TPSA) is 70.6 Å². The highest BCUT2D eigenvalue weighted by atomic mass is 19.1. The van der Waals surface area contributed by atoms with E-state index in [1.54, 1.807) is 12.1 Å². The Kier molecular flexibility index (Phi) is 4.04. The van der Waals surface area contributed by atoms with Crippen LogP contribution in [0.25, 0.3) is 0 Å². The van der Waals surface area contributed by atoms with Gasteiger partial charge in [-0.25, -0.2) is 4.39 Å². The van der Waals surface area contributed by atoms with Crippen LogP contribution in [0.15, 0.2) is 23.4 Å². The lowest BCUT2D eigenvalue weighted by atomic mass is 10.0. The number of halogens is 1. The van der Waals surface area contributed by atoms with E-state index < -0.39 is 0 Å². The summed E-state index contributed by atoms with van der Waals surface area (Å²) in [6, 6.07) is 4.61. The molecule has 0 amide bonds. The maximum atomic E-state index is 13.8. The second-order valence-corrected chi connectivity index (χ2v) is 5.25. The third-order valence-electron chi connectivity index (χ3n) is 3.98. The van der Waals surface area contributed by atoms with Crippen LogP contribution < -0.4 is 11.1 Å². The Morgan fingerprint density at radius 2 is 2.26 bits per heavy atom. The molecule has 1 fully saturated rings. The fourth-order valence-corrected chi connectivity index (χ4v) is 2.20. The molecule has 1 aliphatic carbocycles. The average molecular weight is 265 g/mol. The Labute approximate surface area is 112 Å². The molecular weight excluding hydrogens is 245 g/mol. The van der Waals surface area contributed by atoms with Gasteiger partial charge in [0.2, 0.25) is 0 Å². The van der Waals surface area contributed by atoms with Gasteiger partial charge in [0.25, 0.3) is 0 Å². The molecule has 0 bridgehead atoms. The Bertz CT molecular complexity index is 484. The second kappa shape index (κ2) is 5.57.